The van der Waals surface area contributed by atoms with Crippen molar-refractivity contribution >= 4 is 26.7 Å². The lowest BCUT2D eigenvalue weighted by molar-refractivity contribution is 0.0759. The number of aromatic nitrogens is 2. The molecule has 1 aromatic heterocycles. The Hall–Kier alpha value is -2.30. The summed E-state index contributed by atoms with van der Waals surface area (Å²) in [6.45, 7) is 0.122. The van der Waals surface area contributed by atoms with E-state index in [4.69, 9.17) is 0 Å². The quantitative estimate of drug-likeness (QED) is 0.731. The Morgan fingerprint density at radius 1 is 1.26 bits per heavy atom. The third-order valence-corrected chi connectivity index (χ3v) is 6.80. The number of fused-ring (bicyclic) bond motifs is 1. The number of aryl methyl sites for hydroxylation is 1. The summed E-state index contributed by atoms with van der Waals surface area (Å²) in [6, 6.07) is 6.70. The number of aliphatic hydroxyl groups excluding tert-OH is 1. The van der Waals surface area contributed by atoms with Crippen molar-refractivity contribution < 1.29 is 18.3 Å². The molecule has 2 heterocycles. The van der Waals surface area contributed by atoms with E-state index in [1.807, 2.05) is 0 Å². The molecule has 146 valence electrons. The third kappa shape index (κ3) is 3.60. The first-order valence-electron chi connectivity index (χ1n) is 8.45. The van der Waals surface area contributed by atoms with Gasteiger partial charge in [0, 0.05) is 45.5 Å². The van der Waals surface area contributed by atoms with Gasteiger partial charge in [0.1, 0.15) is 0 Å². The molecule has 0 spiro atoms. The summed E-state index contributed by atoms with van der Waals surface area (Å²) in [5.41, 5.74) is -0.199. The molecule has 0 radical (unpaired) electrons. The number of likely N-dealkylation sites (tertiary alicyclic amines) is 1. The van der Waals surface area contributed by atoms with E-state index in [0.717, 1.165) is 8.99 Å². The molecule has 1 aliphatic heterocycles. The molecule has 3 rings (SSSR count). The fourth-order valence-electron chi connectivity index (χ4n) is 3.21. The number of aliphatic hydroxyl groups is 1. The first kappa shape index (κ1) is 19.5. The second-order valence-electron chi connectivity index (χ2n) is 6.92. The number of nitrogens with zero attached hydrogens (tertiary/aromatic N) is 4. The monoisotopic (exact) mass is 394 g/mol. The fourth-order valence-corrected chi connectivity index (χ4v) is 4.38. The molecule has 1 fully saturated rings. The predicted molar refractivity (Wildman–Crippen MR) is 99.9 cm³/mol. The van der Waals surface area contributed by atoms with Crippen molar-refractivity contribution in [1.82, 2.24) is 19.0 Å². The number of benzene rings is 1. The van der Waals surface area contributed by atoms with Crippen LogP contribution in [-0.2, 0) is 17.1 Å². The van der Waals surface area contributed by atoms with Crippen molar-refractivity contribution in [2.24, 2.45) is 13.0 Å². The van der Waals surface area contributed by atoms with Crippen molar-refractivity contribution in [3.05, 3.63) is 40.3 Å². The molecule has 1 aromatic carbocycles. The maximum atomic E-state index is 13.0. The van der Waals surface area contributed by atoms with Crippen LogP contribution < -0.4 is 5.56 Å². The molecular weight excluding hydrogens is 372 g/mol. The lowest BCUT2D eigenvalue weighted by Crippen LogP contribution is -2.34. The Morgan fingerprint density at radius 3 is 2.52 bits per heavy atom. The van der Waals surface area contributed by atoms with Crippen LogP contribution in [0.2, 0.25) is 0 Å². The molecule has 27 heavy (non-hydrogen) atoms. The Morgan fingerprint density at radius 2 is 1.89 bits per heavy atom. The molecular formula is C17H22N4O5S. The number of rotatable bonds is 4. The number of amides is 1. The van der Waals surface area contributed by atoms with Crippen LogP contribution in [0, 0.1) is 5.92 Å². The minimum atomic E-state index is -3.50. The van der Waals surface area contributed by atoms with E-state index in [1.165, 1.54) is 26.0 Å². The van der Waals surface area contributed by atoms with E-state index in [1.54, 1.807) is 24.3 Å². The highest BCUT2D eigenvalue weighted by Crippen LogP contribution is 2.23. The number of hydrogen-bond acceptors (Lipinski definition) is 6. The van der Waals surface area contributed by atoms with E-state index >= 15 is 0 Å². The summed E-state index contributed by atoms with van der Waals surface area (Å²) in [4.78, 5) is 26.6. The standard InChI is InChI=1S/C17H22N4O5S/c1-19(2)27(25,26)10-11-8-21(9-14(11)22)17(24)15-12-6-4-5-7-13(12)16(23)20(3)18-15/h4-7,11,14,22H,8-10H2,1-3H3/t11-,14+/m0/s1. The molecule has 2 atom stereocenters. The molecule has 2 aromatic rings. The van der Waals surface area contributed by atoms with E-state index in [2.05, 4.69) is 5.10 Å². The van der Waals surface area contributed by atoms with Gasteiger partial charge in [-0.25, -0.2) is 17.4 Å². The molecule has 1 amide bonds. The van der Waals surface area contributed by atoms with Crippen molar-refractivity contribution in [3.63, 3.8) is 0 Å². The zero-order valence-electron chi connectivity index (χ0n) is 15.4. The van der Waals surface area contributed by atoms with Gasteiger partial charge in [-0.2, -0.15) is 5.10 Å². The van der Waals surface area contributed by atoms with Gasteiger partial charge in [-0.3, -0.25) is 9.59 Å². The average molecular weight is 394 g/mol. The minimum Gasteiger partial charge on any atom is -0.391 e. The Balaban J connectivity index is 1.91. The number of carbonyl (C=O) groups is 1. The topological polar surface area (TPSA) is 113 Å². The first-order valence-corrected chi connectivity index (χ1v) is 10.1. The van der Waals surface area contributed by atoms with Crippen molar-refractivity contribution in [2.45, 2.75) is 6.10 Å². The lowest BCUT2D eigenvalue weighted by Gasteiger charge is -2.18. The van der Waals surface area contributed by atoms with E-state index < -0.39 is 28.0 Å². The van der Waals surface area contributed by atoms with Crippen LogP contribution in [0.3, 0.4) is 0 Å². The number of sulfonamides is 1. The number of hydrogen-bond donors (Lipinski definition) is 1. The third-order valence-electron chi connectivity index (χ3n) is 4.83. The van der Waals surface area contributed by atoms with E-state index in [9.17, 15) is 23.1 Å². The summed E-state index contributed by atoms with van der Waals surface area (Å²) in [5.74, 6) is -1.27. The zero-order chi connectivity index (χ0) is 19.9. The van der Waals surface area contributed by atoms with Gasteiger partial charge < -0.3 is 10.0 Å². The van der Waals surface area contributed by atoms with Crippen LogP contribution in [0.1, 0.15) is 10.5 Å². The Kier molecular flexibility index (Phi) is 5.06. The maximum absolute atomic E-state index is 13.0. The van der Waals surface area contributed by atoms with Gasteiger partial charge in [0.05, 0.1) is 17.2 Å². The van der Waals surface area contributed by atoms with Crippen LogP contribution in [-0.4, -0.2) is 77.5 Å². The largest absolute Gasteiger partial charge is 0.391 e. The van der Waals surface area contributed by atoms with Crippen LogP contribution in [0.15, 0.2) is 29.1 Å². The SMILES string of the molecule is CN(C)S(=O)(=O)C[C@@H]1CN(C(=O)c2nn(C)c(=O)c3ccccc23)C[C@H]1O. The molecule has 0 saturated carbocycles. The van der Waals surface area contributed by atoms with Gasteiger partial charge >= 0.3 is 0 Å². The molecule has 10 heteroatoms. The number of β-amino-alcohol motifs (C(OH)–C–C–N with tert-alkyl or cyclic N) is 1. The lowest BCUT2D eigenvalue weighted by atomic mass is 10.1. The first-order chi connectivity index (χ1) is 12.6. The molecule has 1 aliphatic rings. The molecule has 9 nitrogen and oxygen atoms in total. The van der Waals surface area contributed by atoms with E-state index in [0.29, 0.717) is 10.8 Å². The predicted octanol–water partition coefficient (Wildman–Crippen LogP) is -0.742. The van der Waals surface area contributed by atoms with Gasteiger partial charge in [-0.15, -0.1) is 0 Å². The highest BCUT2D eigenvalue weighted by molar-refractivity contribution is 7.89. The average Bonchev–Trinajstić information content (AvgIpc) is 2.97. The highest BCUT2D eigenvalue weighted by Gasteiger charge is 2.38. The fraction of sp³-hybridized carbons (Fsp3) is 0.471. The summed E-state index contributed by atoms with van der Waals surface area (Å²) < 4.78 is 26.4. The Bertz CT molecular complexity index is 1050. The van der Waals surface area contributed by atoms with Crippen molar-refractivity contribution in [1.29, 1.82) is 0 Å². The van der Waals surface area contributed by atoms with Crippen molar-refractivity contribution in [3.8, 4) is 0 Å². The van der Waals surface area contributed by atoms with Gasteiger partial charge in [0.15, 0.2) is 5.69 Å². The number of carbonyl (C=O) groups excluding carboxylic acids is 1. The second-order valence-corrected chi connectivity index (χ2v) is 9.15. The molecule has 1 N–H and O–H groups in total. The summed E-state index contributed by atoms with van der Waals surface area (Å²) in [5, 5.41) is 15.2. The summed E-state index contributed by atoms with van der Waals surface area (Å²) in [6.07, 6.45) is -0.942. The van der Waals surface area contributed by atoms with Crippen molar-refractivity contribution in [2.75, 3.05) is 32.9 Å². The minimum absolute atomic E-state index is 0.0191. The summed E-state index contributed by atoms with van der Waals surface area (Å²) >= 11 is 0. The van der Waals surface area contributed by atoms with E-state index in [-0.39, 0.29) is 30.1 Å². The maximum Gasteiger partial charge on any atom is 0.275 e. The highest BCUT2D eigenvalue weighted by atomic mass is 32.2. The van der Waals surface area contributed by atoms with Gasteiger partial charge in [0.2, 0.25) is 10.0 Å². The second kappa shape index (κ2) is 7.02. The van der Waals surface area contributed by atoms with Gasteiger partial charge in [-0.05, 0) is 6.07 Å². The molecule has 1 saturated heterocycles. The van der Waals surface area contributed by atoms with Crippen LogP contribution in [0.4, 0.5) is 0 Å². The normalized spacial score (nSPS) is 20.6. The molecule has 0 aliphatic carbocycles. The van der Waals surface area contributed by atoms with Crippen LogP contribution in [0.5, 0.6) is 0 Å². The summed E-state index contributed by atoms with van der Waals surface area (Å²) in [7, 11) is 0.829. The Labute approximate surface area is 156 Å². The van der Waals surface area contributed by atoms with Crippen LogP contribution >= 0.6 is 0 Å². The molecule has 0 unspecified atom stereocenters. The molecule has 0 bridgehead atoms. The van der Waals surface area contributed by atoms with Crippen LogP contribution in [0.25, 0.3) is 10.8 Å². The van der Waals surface area contributed by atoms with Gasteiger partial charge in [0.25, 0.3) is 11.5 Å². The van der Waals surface area contributed by atoms with Gasteiger partial charge in [-0.1, -0.05) is 18.2 Å². The smallest absolute Gasteiger partial charge is 0.275 e. The zero-order valence-corrected chi connectivity index (χ0v) is 16.2.